The molecular weight excluding hydrogens is 425 g/mol. The number of hydrogen-bond acceptors (Lipinski definition) is 5. The lowest BCUT2D eigenvalue weighted by Crippen LogP contribution is -2.46. The van der Waals surface area contributed by atoms with Gasteiger partial charge in [0, 0.05) is 42.8 Å². The molecule has 1 saturated heterocycles. The molecule has 2 aliphatic heterocycles. The van der Waals surface area contributed by atoms with E-state index in [2.05, 4.69) is 4.90 Å². The summed E-state index contributed by atoms with van der Waals surface area (Å²) in [5, 5.41) is 0.796. The van der Waals surface area contributed by atoms with Crippen molar-refractivity contribution in [3.63, 3.8) is 0 Å². The lowest BCUT2D eigenvalue weighted by molar-refractivity contribution is -0.120. The summed E-state index contributed by atoms with van der Waals surface area (Å²) in [5.74, 6) is -0.211. The minimum absolute atomic E-state index is 0.300. The van der Waals surface area contributed by atoms with Gasteiger partial charge >= 0.3 is 0 Å². The molecule has 4 rings (SSSR count). The Hall–Kier alpha value is -2.54. The number of nitrogens with zero attached hydrogens (tertiary/aromatic N) is 3. The molecule has 0 N–H and O–H groups in total. The molecule has 0 unspecified atom stereocenters. The Labute approximate surface area is 185 Å². The number of amides is 2. The Kier molecular flexibility index (Phi) is 5.73. The highest BCUT2D eigenvalue weighted by atomic mass is 35.5. The Morgan fingerprint density at radius 3 is 2.33 bits per heavy atom. The van der Waals surface area contributed by atoms with Crippen molar-refractivity contribution in [3.8, 4) is 5.75 Å². The summed E-state index contributed by atoms with van der Waals surface area (Å²) in [4.78, 5) is 32.4. The third kappa shape index (κ3) is 3.67. The van der Waals surface area contributed by atoms with E-state index in [9.17, 15) is 9.59 Å². The molecule has 156 valence electrons. The Balaban J connectivity index is 1.84. The highest BCUT2D eigenvalue weighted by Crippen LogP contribution is 2.39. The quantitative estimate of drug-likeness (QED) is 0.673. The van der Waals surface area contributed by atoms with E-state index in [4.69, 9.17) is 27.9 Å². The first-order valence-electron chi connectivity index (χ1n) is 9.56. The zero-order valence-corrected chi connectivity index (χ0v) is 18.2. The molecule has 0 aromatic heterocycles. The maximum absolute atomic E-state index is 13.5. The van der Waals surface area contributed by atoms with Gasteiger partial charge in [-0.15, -0.1) is 0 Å². The summed E-state index contributed by atoms with van der Waals surface area (Å²) >= 11 is 12.5. The third-order valence-electron chi connectivity index (χ3n) is 5.39. The highest BCUT2D eigenvalue weighted by molar-refractivity contribution is 6.47. The number of rotatable bonds is 4. The number of halogens is 2. The summed E-state index contributed by atoms with van der Waals surface area (Å²) in [6, 6.07) is 11.8. The second-order valence-corrected chi connectivity index (χ2v) is 8.13. The normalized spacial score (nSPS) is 17.9. The Bertz CT molecular complexity index is 1050. The standard InChI is InChI=1S/C22H21Cl2N3O3/c1-25-8-10-26(11-9-25)20-19(17-7-6-14(23)12-18(17)24)21(28)27(22(20)29)15-4-3-5-16(13-15)30-2/h3-7,12-13H,8-11H2,1-2H3. The van der Waals surface area contributed by atoms with Crippen molar-refractivity contribution in [2.45, 2.75) is 0 Å². The third-order valence-corrected chi connectivity index (χ3v) is 5.94. The SMILES string of the molecule is COc1cccc(N2C(=O)C(c3ccc(Cl)cc3Cl)=C(N3CCN(C)CC3)C2=O)c1. The first-order chi connectivity index (χ1) is 14.4. The molecule has 0 atom stereocenters. The number of ether oxygens (including phenoxy) is 1. The number of carbonyl (C=O) groups is 2. The van der Waals surface area contributed by atoms with Gasteiger partial charge in [0.05, 0.1) is 23.4 Å². The molecule has 2 heterocycles. The number of benzene rings is 2. The zero-order chi connectivity index (χ0) is 21.4. The van der Waals surface area contributed by atoms with E-state index in [0.29, 0.717) is 51.4 Å². The van der Waals surface area contributed by atoms with Crippen molar-refractivity contribution in [1.29, 1.82) is 0 Å². The predicted molar refractivity (Wildman–Crippen MR) is 118 cm³/mol. The molecule has 0 radical (unpaired) electrons. The molecule has 6 nitrogen and oxygen atoms in total. The molecular formula is C22H21Cl2N3O3. The molecule has 0 saturated carbocycles. The van der Waals surface area contributed by atoms with Crippen molar-refractivity contribution in [2.75, 3.05) is 45.2 Å². The summed E-state index contributed by atoms with van der Waals surface area (Å²) in [5.41, 5.74) is 1.63. The first-order valence-corrected chi connectivity index (χ1v) is 10.3. The molecule has 30 heavy (non-hydrogen) atoms. The summed E-state index contributed by atoms with van der Waals surface area (Å²) in [6.45, 7) is 2.88. The predicted octanol–water partition coefficient (Wildman–Crippen LogP) is 3.53. The maximum atomic E-state index is 13.5. The molecule has 0 aliphatic carbocycles. The lowest BCUT2D eigenvalue weighted by Gasteiger charge is -2.34. The number of hydrogen-bond donors (Lipinski definition) is 0. The number of methoxy groups -OCH3 is 1. The van der Waals surface area contributed by atoms with Crippen LogP contribution in [0.2, 0.25) is 10.0 Å². The van der Waals surface area contributed by atoms with Crippen LogP contribution in [0.25, 0.3) is 5.57 Å². The fourth-order valence-electron chi connectivity index (χ4n) is 3.76. The van der Waals surface area contributed by atoms with Crippen LogP contribution in [0.4, 0.5) is 5.69 Å². The number of imide groups is 1. The topological polar surface area (TPSA) is 53.1 Å². The average molecular weight is 446 g/mol. The van der Waals surface area contributed by atoms with Crippen molar-refractivity contribution in [3.05, 3.63) is 63.8 Å². The highest BCUT2D eigenvalue weighted by Gasteiger charge is 2.43. The maximum Gasteiger partial charge on any atom is 0.282 e. The van der Waals surface area contributed by atoms with Crippen LogP contribution < -0.4 is 9.64 Å². The zero-order valence-electron chi connectivity index (χ0n) is 16.7. The monoisotopic (exact) mass is 445 g/mol. The smallest absolute Gasteiger partial charge is 0.282 e. The molecule has 0 spiro atoms. The number of anilines is 1. The van der Waals surface area contributed by atoms with E-state index in [1.165, 1.54) is 4.90 Å². The van der Waals surface area contributed by atoms with Crippen molar-refractivity contribution in [1.82, 2.24) is 9.80 Å². The Morgan fingerprint density at radius 1 is 0.933 bits per heavy atom. The van der Waals surface area contributed by atoms with E-state index in [1.807, 2.05) is 11.9 Å². The van der Waals surface area contributed by atoms with Crippen LogP contribution >= 0.6 is 23.2 Å². The van der Waals surface area contributed by atoms with E-state index in [-0.39, 0.29) is 5.91 Å². The summed E-state index contributed by atoms with van der Waals surface area (Å²) in [6.07, 6.45) is 0. The van der Waals surface area contributed by atoms with Gasteiger partial charge in [0.25, 0.3) is 11.8 Å². The molecule has 1 fully saturated rings. The molecule has 2 aliphatic rings. The Morgan fingerprint density at radius 2 is 1.67 bits per heavy atom. The van der Waals surface area contributed by atoms with Crippen molar-refractivity contribution >= 4 is 46.3 Å². The fourth-order valence-corrected chi connectivity index (χ4v) is 4.26. The molecule has 8 heteroatoms. The van der Waals surface area contributed by atoms with Gasteiger partial charge in [0.2, 0.25) is 0 Å². The van der Waals surface area contributed by atoms with Gasteiger partial charge < -0.3 is 14.5 Å². The summed E-state index contributed by atoms with van der Waals surface area (Å²) in [7, 11) is 3.58. The molecule has 0 bridgehead atoms. The van der Waals surface area contributed by atoms with Crippen molar-refractivity contribution < 1.29 is 14.3 Å². The van der Waals surface area contributed by atoms with Gasteiger partial charge in [-0.25, -0.2) is 4.90 Å². The minimum Gasteiger partial charge on any atom is -0.497 e. The van der Waals surface area contributed by atoms with Crippen molar-refractivity contribution in [2.24, 2.45) is 0 Å². The average Bonchev–Trinajstić information content (AvgIpc) is 2.99. The number of piperazine rings is 1. The van der Waals surface area contributed by atoms with Crippen LogP contribution in [0.1, 0.15) is 5.56 Å². The fraction of sp³-hybridized carbons (Fsp3) is 0.273. The molecule has 2 amide bonds. The van der Waals surface area contributed by atoms with Crippen LogP contribution in [-0.2, 0) is 9.59 Å². The van der Waals surface area contributed by atoms with Gasteiger partial charge in [-0.2, -0.15) is 0 Å². The van der Waals surface area contributed by atoms with Crippen LogP contribution in [-0.4, -0.2) is 62.0 Å². The van der Waals surface area contributed by atoms with Crippen LogP contribution in [0, 0.1) is 0 Å². The summed E-state index contributed by atoms with van der Waals surface area (Å²) < 4.78 is 5.27. The lowest BCUT2D eigenvalue weighted by atomic mass is 10.0. The van der Waals surface area contributed by atoms with Gasteiger partial charge in [-0.05, 0) is 31.3 Å². The molecule has 2 aromatic carbocycles. The van der Waals surface area contributed by atoms with Gasteiger partial charge in [0.15, 0.2) is 0 Å². The van der Waals surface area contributed by atoms with Crippen LogP contribution in [0.15, 0.2) is 48.2 Å². The van der Waals surface area contributed by atoms with E-state index in [1.54, 1.807) is 49.6 Å². The van der Waals surface area contributed by atoms with Gasteiger partial charge in [0.1, 0.15) is 11.4 Å². The second-order valence-electron chi connectivity index (χ2n) is 7.29. The first kappa shape index (κ1) is 20.7. The van der Waals surface area contributed by atoms with E-state index in [0.717, 1.165) is 13.1 Å². The van der Waals surface area contributed by atoms with Crippen LogP contribution in [0.3, 0.4) is 0 Å². The van der Waals surface area contributed by atoms with Crippen LogP contribution in [0.5, 0.6) is 5.75 Å². The van der Waals surface area contributed by atoms with Gasteiger partial charge in [-0.1, -0.05) is 35.3 Å². The van der Waals surface area contributed by atoms with Gasteiger partial charge in [-0.3, -0.25) is 9.59 Å². The second kappa shape index (κ2) is 8.30. The number of likely N-dealkylation sites (N-methyl/N-ethyl adjacent to an activating group) is 1. The van der Waals surface area contributed by atoms with E-state index >= 15 is 0 Å². The number of carbonyl (C=O) groups excluding carboxylic acids is 2. The largest absolute Gasteiger partial charge is 0.497 e. The van der Waals surface area contributed by atoms with E-state index < -0.39 is 5.91 Å². The molecule has 2 aromatic rings. The minimum atomic E-state index is -0.411.